The third kappa shape index (κ3) is 3.76. The highest BCUT2D eigenvalue weighted by Gasteiger charge is 2.27. The minimum atomic E-state index is -0.625. The van der Waals surface area contributed by atoms with Gasteiger partial charge in [0.2, 0.25) is 5.95 Å². The van der Waals surface area contributed by atoms with Gasteiger partial charge in [-0.05, 0) is 45.7 Å². The Bertz CT molecular complexity index is 476. The Kier molecular flexibility index (Phi) is 4.38. The van der Waals surface area contributed by atoms with E-state index in [0.29, 0.717) is 0 Å². The van der Waals surface area contributed by atoms with E-state index in [1.54, 1.807) is 0 Å². The largest absolute Gasteiger partial charge is 0.348 e. The molecule has 0 aromatic carbocycles. The van der Waals surface area contributed by atoms with Crippen molar-refractivity contribution in [2.75, 3.05) is 13.1 Å². The van der Waals surface area contributed by atoms with Crippen LogP contribution in [-0.4, -0.2) is 40.5 Å². The lowest BCUT2D eigenvalue weighted by Gasteiger charge is -2.41. The summed E-state index contributed by atoms with van der Waals surface area (Å²) in [7, 11) is 0. The molecule has 1 saturated heterocycles. The van der Waals surface area contributed by atoms with Crippen molar-refractivity contribution in [3.63, 3.8) is 0 Å². The van der Waals surface area contributed by atoms with Crippen LogP contribution in [0.1, 0.15) is 44.1 Å². The lowest BCUT2D eigenvalue weighted by atomic mass is 9.98. The van der Waals surface area contributed by atoms with Gasteiger partial charge in [-0.15, -0.1) is 0 Å². The van der Waals surface area contributed by atoms with Crippen LogP contribution in [0.2, 0.25) is 0 Å². The summed E-state index contributed by atoms with van der Waals surface area (Å²) in [5, 5.41) is 2.94. The van der Waals surface area contributed by atoms with Crippen LogP contribution in [0.4, 0.5) is 4.39 Å². The fourth-order valence-corrected chi connectivity index (χ4v) is 2.49. The van der Waals surface area contributed by atoms with Gasteiger partial charge in [0, 0.05) is 24.7 Å². The van der Waals surface area contributed by atoms with E-state index in [4.69, 9.17) is 0 Å². The molecule has 1 aliphatic heterocycles. The molecule has 0 aliphatic carbocycles. The van der Waals surface area contributed by atoms with Gasteiger partial charge in [0.1, 0.15) is 5.69 Å². The SMILES string of the molecule is CC(C)(C)N1CCC(NC(=O)c2cccc(F)n2)CC1. The Morgan fingerprint density at radius 1 is 1.35 bits per heavy atom. The van der Waals surface area contributed by atoms with Crippen LogP contribution in [0.3, 0.4) is 0 Å². The van der Waals surface area contributed by atoms with E-state index in [2.05, 4.69) is 36.0 Å². The summed E-state index contributed by atoms with van der Waals surface area (Å²) < 4.78 is 13.0. The molecular weight excluding hydrogens is 257 g/mol. The van der Waals surface area contributed by atoms with Crippen LogP contribution in [-0.2, 0) is 0 Å². The molecule has 0 saturated carbocycles. The molecule has 0 spiro atoms. The maximum absolute atomic E-state index is 13.0. The number of aromatic nitrogens is 1. The van der Waals surface area contributed by atoms with E-state index in [0.717, 1.165) is 25.9 Å². The zero-order chi connectivity index (χ0) is 14.8. The van der Waals surface area contributed by atoms with Crippen molar-refractivity contribution in [3.8, 4) is 0 Å². The Morgan fingerprint density at radius 3 is 2.55 bits per heavy atom. The van der Waals surface area contributed by atoms with Gasteiger partial charge in [-0.1, -0.05) is 6.07 Å². The quantitative estimate of drug-likeness (QED) is 0.844. The number of pyridine rings is 1. The molecule has 1 fully saturated rings. The lowest BCUT2D eigenvalue weighted by molar-refractivity contribution is 0.0808. The molecule has 20 heavy (non-hydrogen) atoms. The van der Waals surface area contributed by atoms with Gasteiger partial charge in [0.15, 0.2) is 0 Å². The molecule has 1 aliphatic rings. The highest BCUT2D eigenvalue weighted by molar-refractivity contribution is 5.92. The number of nitrogens with zero attached hydrogens (tertiary/aromatic N) is 2. The second-order valence-electron chi connectivity index (χ2n) is 6.25. The first-order chi connectivity index (χ1) is 9.36. The molecule has 1 aromatic heterocycles. The molecule has 0 bridgehead atoms. The Labute approximate surface area is 119 Å². The molecule has 0 atom stereocenters. The predicted molar refractivity (Wildman–Crippen MR) is 76.0 cm³/mol. The summed E-state index contributed by atoms with van der Waals surface area (Å²) in [6.45, 7) is 8.52. The predicted octanol–water partition coefficient (Wildman–Crippen LogP) is 2.21. The van der Waals surface area contributed by atoms with Crippen LogP contribution < -0.4 is 5.32 Å². The van der Waals surface area contributed by atoms with Crippen LogP contribution >= 0.6 is 0 Å². The van der Waals surface area contributed by atoms with Crippen molar-refractivity contribution in [1.82, 2.24) is 15.2 Å². The molecule has 0 unspecified atom stereocenters. The smallest absolute Gasteiger partial charge is 0.270 e. The van der Waals surface area contributed by atoms with Gasteiger partial charge in [0.05, 0.1) is 0 Å². The van der Waals surface area contributed by atoms with E-state index in [1.807, 2.05) is 0 Å². The Balaban J connectivity index is 1.88. The monoisotopic (exact) mass is 279 g/mol. The van der Waals surface area contributed by atoms with Crippen molar-refractivity contribution in [2.24, 2.45) is 0 Å². The maximum atomic E-state index is 13.0. The van der Waals surface area contributed by atoms with E-state index in [1.165, 1.54) is 18.2 Å². The first-order valence-electron chi connectivity index (χ1n) is 7.05. The fraction of sp³-hybridized carbons (Fsp3) is 0.600. The molecule has 2 heterocycles. The number of hydrogen-bond acceptors (Lipinski definition) is 3. The molecular formula is C15H22FN3O. The van der Waals surface area contributed by atoms with Gasteiger partial charge in [-0.25, -0.2) is 4.98 Å². The highest BCUT2D eigenvalue weighted by Crippen LogP contribution is 2.20. The molecule has 0 radical (unpaired) electrons. The summed E-state index contributed by atoms with van der Waals surface area (Å²) in [6, 6.07) is 4.41. The second kappa shape index (κ2) is 5.87. The third-order valence-corrected chi connectivity index (χ3v) is 3.73. The Morgan fingerprint density at radius 2 is 2.00 bits per heavy atom. The van der Waals surface area contributed by atoms with Gasteiger partial charge >= 0.3 is 0 Å². The Hall–Kier alpha value is -1.49. The van der Waals surface area contributed by atoms with Crippen LogP contribution in [0.5, 0.6) is 0 Å². The lowest BCUT2D eigenvalue weighted by Crippen LogP contribution is -2.50. The van der Waals surface area contributed by atoms with Gasteiger partial charge in [0.25, 0.3) is 5.91 Å². The first-order valence-corrected chi connectivity index (χ1v) is 7.05. The maximum Gasteiger partial charge on any atom is 0.270 e. The molecule has 1 amide bonds. The second-order valence-corrected chi connectivity index (χ2v) is 6.25. The van der Waals surface area contributed by atoms with Crippen molar-refractivity contribution in [1.29, 1.82) is 0 Å². The molecule has 1 aromatic rings. The number of piperidine rings is 1. The summed E-state index contributed by atoms with van der Waals surface area (Å²) >= 11 is 0. The normalized spacial score (nSPS) is 18.0. The number of carbonyl (C=O) groups is 1. The number of hydrogen-bond donors (Lipinski definition) is 1. The average Bonchev–Trinajstić information content (AvgIpc) is 2.38. The molecule has 110 valence electrons. The summed E-state index contributed by atoms with van der Waals surface area (Å²) in [4.78, 5) is 18.0. The van der Waals surface area contributed by atoms with Crippen LogP contribution in [0.15, 0.2) is 18.2 Å². The standard InChI is InChI=1S/C15H22FN3O/c1-15(2,3)19-9-7-11(8-10-19)17-14(20)12-5-4-6-13(16)18-12/h4-6,11H,7-10H2,1-3H3,(H,17,20). The molecule has 5 heteroatoms. The highest BCUT2D eigenvalue weighted by atomic mass is 19.1. The molecule has 4 nitrogen and oxygen atoms in total. The van der Waals surface area contributed by atoms with Crippen molar-refractivity contribution >= 4 is 5.91 Å². The summed E-state index contributed by atoms with van der Waals surface area (Å²) in [6.07, 6.45) is 1.83. The minimum absolute atomic E-state index is 0.142. The molecule has 1 N–H and O–H groups in total. The van der Waals surface area contributed by atoms with Gasteiger partial charge in [-0.3, -0.25) is 9.69 Å². The number of likely N-dealkylation sites (tertiary alicyclic amines) is 1. The zero-order valence-electron chi connectivity index (χ0n) is 12.3. The van der Waals surface area contributed by atoms with Gasteiger partial charge < -0.3 is 5.32 Å². The summed E-state index contributed by atoms with van der Waals surface area (Å²) in [5.74, 6) is -0.918. The van der Waals surface area contributed by atoms with E-state index in [-0.39, 0.29) is 23.2 Å². The van der Waals surface area contributed by atoms with Crippen LogP contribution in [0, 0.1) is 5.95 Å². The molecule has 2 rings (SSSR count). The van der Waals surface area contributed by atoms with E-state index < -0.39 is 5.95 Å². The average molecular weight is 279 g/mol. The van der Waals surface area contributed by atoms with Gasteiger partial charge in [-0.2, -0.15) is 4.39 Å². The number of amides is 1. The van der Waals surface area contributed by atoms with Crippen molar-refractivity contribution in [2.45, 2.75) is 45.2 Å². The summed E-state index contributed by atoms with van der Waals surface area (Å²) in [5.41, 5.74) is 0.308. The minimum Gasteiger partial charge on any atom is -0.348 e. The third-order valence-electron chi connectivity index (χ3n) is 3.73. The van der Waals surface area contributed by atoms with E-state index >= 15 is 0 Å². The number of rotatable bonds is 2. The van der Waals surface area contributed by atoms with Crippen LogP contribution in [0.25, 0.3) is 0 Å². The van der Waals surface area contributed by atoms with E-state index in [9.17, 15) is 9.18 Å². The van der Waals surface area contributed by atoms with Crippen molar-refractivity contribution < 1.29 is 9.18 Å². The zero-order valence-corrected chi connectivity index (χ0v) is 12.3. The van der Waals surface area contributed by atoms with Crippen molar-refractivity contribution in [3.05, 3.63) is 29.8 Å². The number of halogens is 1. The number of nitrogens with one attached hydrogen (secondary N) is 1. The fourth-order valence-electron chi connectivity index (χ4n) is 2.49. The number of carbonyl (C=O) groups excluding carboxylic acids is 1. The topological polar surface area (TPSA) is 45.2 Å². The first kappa shape index (κ1) is 14.9.